The molecule has 0 saturated carbocycles. The molecule has 0 unspecified atom stereocenters. The first kappa shape index (κ1) is 17.0. The average molecular weight is 335 g/mol. The van der Waals surface area contributed by atoms with Gasteiger partial charge in [0.15, 0.2) is 0 Å². The normalized spacial score (nSPS) is 11.2. The fraction of sp³-hybridized carbons (Fsp3) is 0.188. The number of benzene rings is 2. The molecule has 0 spiro atoms. The van der Waals surface area contributed by atoms with E-state index in [9.17, 15) is 13.2 Å². The van der Waals surface area contributed by atoms with Gasteiger partial charge in [-0.05, 0) is 35.4 Å². The number of methoxy groups -OCH3 is 1. The zero-order valence-corrected chi connectivity index (χ0v) is 13.3. The zero-order chi connectivity index (χ0) is 16.9. The molecule has 0 amide bonds. The molecule has 0 saturated heterocycles. The monoisotopic (exact) mass is 335 g/mol. The Morgan fingerprint density at radius 3 is 2.13 bits per heavy atom. The molecule has 0 heterocycles. The maximum Gasteiger partial charge on any atom is 0.335 e. The number of aromatic carboxylic acids is 1. The third-order valence-corrected chi connectivity index (χ3v) is 4.51. The van der Waals surface area contributed by atoms with Gasteiger partial charge in [-0.2, -0.15) is 0 Å². The minimum atomic E-state index is -3.51. The van der Waals surface area contributed by atoms with Crippen molar-refractivity contribution in [3.05, 3.63) is 65.2 Å². The number of hydrogen-bond donors (Lipinski definition) is 2. The van der Waals surface area contributed by atoms with Gasteiger partial charge in [0.05, 0.1) is 18.4 Å². The van der Waals surface area contributed by atoms with Crippen molar-refractivity contribution in [2.24, 2.45) is 0 Å². The Morgan fingerprint density at radius 1 is 1.04 bits per heavy atom. The van der Waals surface area contributed by atoms with Crippen molar-refractivity contribution < 1.29 is 23.1 Å². The van der Waals surface area contributed by atoms with Crippen molar-refractivity contribution in [2.45, 2.75) is 12.3 Å². The molecule has 0 atom stereocenters. The van der Waals surface area contributed by atoms with Crippen LogP contribution in [0.5, 0.6) is 5.75 Å². The van der Waals surface area contributed by atoms with Gasteiger partial charge in [0, 0.05) is 6.54 Å². The quantitative estimate of drug-likeness (QED) is 0.807. The standard InChI is InChI=1S/C16H17NO5S/c1-22-15-8-4-12(5-9-15)10-17-23(20,21)11-13-2-6-14(7-3-13)16(18)19/h2-9,17H,10-11H2,1H3,(H,18,19). The third kappa shape index (κ3) is 5.08. The molecule has 2 N–H and O–H groups in total. The summed E-state index contributed by atoms with van der Waals surface area (Å²) in [6.45, 7) is 0.180. The second-order valence-corrected chi connectivity index (χ2v) is 6.74. The predicted molar refractivity (Wildman–Crippen MR) is 85.9 cm³/mol. The molecule has 6 nitrogen and oxygen atoms in total. The van der Waals surface area contributed by atoms with E-state index in [1.807, 2.05) is 0 Å². The van der Waals surface area contributed by atoms with Crippen molar-refractivity contribution in [1.82, 2.24) is 4.72 Å². The van der Waals surface area contributed by atoms with Crippen LogP contribution in [0, 0.1) is 0 Å². The third-order valence-electron chi connectivity index (χ3n) is 3.21. The average Bonchev–Trinajstić information content (AvgIpc) is 2.53. The van der Waals surface area contributed by atoms with Crippen LogP contribution in [0.15, 0.2) is 48.5 Å². The molecule has 2 aromatic carbocycles. The summed E-state index contributed by atoms with van der Waals surface area (Å²) in [4.78, 5) is 10.8. The van der Waals surface area contributed by atoms with Gasteiger partial charge in [-0.1, -0.05) is 24.3 Å². The fourth-order valence-electron chi connectivity index (χ4n) is 1.95. The van der Waals surface area contributed by atoms with E-state index in [1.54, 1.807) is 31.4 Å². The van der Waals surface area contributed by atoms with Crippen molar-refractivity contribution in [3.8, 4) is 5.75 Å². The molecule has 122 valence electrons. The van der Waals surface area contributed by atoms with E-state index < -0.39 is 16.0 Å². The summed E-state index contributed by atoms with van der Waals surface area (Å²) in [6.07, 6.45) is 0. The zero-order valence-electron chi connectivity index (χ0n) is 12.5. The minimum absolute atomic E-state index is 0.123. The predicted octanol–water partition coefficient (Wildman–Crippen LogP) is 2.01. The van der Waals surface area contributed by atoms with Gasteiger partial charge in [-0.25, -0.2) is 17.9 Å². The molecule has 0 aliphatic heterocycles. The Morgan fingerprint density at radius 2 is 1.61 bits per heavy atom. The Kier molecular flexibility index (Phi) is 5.36. The summed E-state index contributed by atoms with van der Waals surface area (Å²) in [6, 6.07) is 12.8. The number of sulfonamides is 1. The summed E-state index contributed by atoms with van der Waals surface area (Å²) >= 11 is 0. The molecule has 0 bridgehead atoms. The Balaban J connectivity index is 1.96. The van der Waals surface area contributed by atoms with Crippen molar-refractivity contribution in [1.29, 1.82) is 0 Å². The molecular weight excluding hydrogens is 318 g/mol. The molecule has 2 aromatic rings. The Hall–Kier alpha value is -2.38. The number of carboxylic acid groups (broad SMARTS) is 1. The van der Waals surface area contributed by atoms with E-state index in [2.05, 4.69) is 4.72 Å². The van der Waals surface area contributed by atoms with Crippen molar-refractivity contribution in [2.75, 3.05) is 7.11 Å². The second kappa shape index (κ2) is 7.26. The maximum absolute atomic E-state index is 12.1. The van der Waals surface area contributed by atoms with E-state index >= 15 is 0 Å². The summed E-state index contributed by atoms with van der Waals surface area (Å²) in [7, 11) is -1.95. The molecule has 0 aromatic heterocycles. The van der Waals surface area contributed by atoms with Gasteiger partial charge in [-0.3, -0.25) is 0 Å². The SMILES string of the molecule is COc1ccc(CNS(=O)(=O)Cc2ccc(C(=O)O)cc2)cc1. The smallest absolute Gasteiger partial charge is 0.335 e. The van der Waals surface area contributed by atoms with Gasteiger partial charge in [-0.15, -0.1) is 0 Å². The highest BCUT2D eigenvalue weighted by Gasteiger charge is 2.12. The number of carboxylic acids is 1. The maximum atomic E-state index is 12.1. The van der Waals surface area contributed by atoms with Crippen LogP contribution in [0.3, 0.4) is 0 Å². The van der Waals surface area contributed by atoms with Crippen LogP contribution >= 0.6 is 0 Å². The highest BCUT2D eigenvalue weighted by Crippen LogP contribution is 2.12. The van der Waals surface area contributed by atoms with E-state index in [-0.39, 0.29) is 17.9 Å². The lowest BCUT2D eigenvalue weighted by atomic mass is 10.1. The van der Waals surface area contributed by atoms with Crippen LogP contribution in [0.1, 0.15) is 21.5 Å². The molecule has 2 rings (SSSR count). The van der Waals surface area contributed by atoms with E-state index in [1.165, 1.54) is 24.3 Å². The van der Waals surface area contributed by atoms with Gasteiger partial charge in [0.25, 0.3) is 0 Å². The minimum Gasteiger partial charge on any atom is -0.497 e. The number of rotatable bonds is 7. The summed E-state index contributed by atoms with van der Waals surface area (Å²) in [5, 5.41) is 8.82. The molecule has 0 fully saturated rings. The molecule has 0 aliphatic carbocycles. The second-order valence-electron chi connectivity index (χ2n) is 4.93. The van der Waals surface area contributed by atoms with Crippen molar-refractivity contribution in [3.63, 3.8) is 0 Å². The number of carbonyl (C=O) groups is 1. The topological polar surface area (TPSA) is 92.7 Å². The van der Waals surface area contributed by atoms with E-state index in [0.717, 1.165) is 5.56 Å². The first-order valence-corrected chi connectivity index (χ1v) is 8.47. The van der Waals surface area contributed by atoms with Crippen molar-refractivity contribution >= 4 is 16.0 Å². The fourth-order valence-corrected chi connectivity index (χ4v) is 3.07. The molecule has 7 heteroatoms. The highest BCUT2D eigenvalue weighted by atomic mass is 32.2. The van der Waals surface area contributed by atoms with Crippen LogP contribution in [0.25, 0.3) is 0 Å². The highest BCUT2D eigenvalue weighted by molar-refractivity contribution is 7.88. The Labute approximate surface area is 134 Å². The van der Waals surface area contributed by atoms with E-state index in [4.69, 9.17) is 9.84 Å². The Bertz CT molecular complexity index is 767. The van der Waals surface area contributed by atoms with Gasteiger partial charge in [0.1, 0.15) is 5.75 Å². The lowest BCUT2D eigenvalue weighted by Gasteiger charge is -2.08. The van der Waals surface area contributed by atoms with Crippen LogP contribution in [-0.2, 0) is 22.3 Å². The van der Waals surface area contributed by atoms with Gasteiger partial charge < -0.3 is 9.84 Å². The first-order valence-electron chi connectivity index (χ1n) is 6.82. The van der Waals surface area contributed by atoms with Crippen LogP contribution in [0.2, 0.25) is 0 Å². The van der Waals surface area contributed by atoms with Gasteiger partial charge >= 0.3 is 5.97 Å². The van der Waals surface area contributed by atoms with Crippen LogP contribution in [-0.4, -0.2) is 26.6 Å². The van der Waals surface area contributed by atoms with E-state index in [0.29, 0.717) is 11.3 Å². The lowest BCUT2D eigenvalue weighted by Crippen LogP contribution is -2.24. The number of hydrogen-bond acceptors (Lipinski definition) is 4. The first-order chi connectivity index (χ1) is 10.9. The molecular formula is C16H17NO5S. The number of ether oxygens (including phenoxy) is 1. The summed E-state index contributed by atoms with van der Waals surface area (Å²) in [5.74, 6) is -0.546. The van der Waals surface area contributed by atoms with Gasteiger partial charge in [0.2, 0.25) is 10.0 Å². The molecule has 0 radical (unpaired) electrons. The van der Waals surface area contributed by atoms with Crippen LogP contribution < -0.4 is 9.46 Å². The lowest BCUT2D eigenvalue weighted by molar-refractivity contribution is 0.0697. The number of nitrogens with one attached hydrogen (secondary N) is 1. The summed E-state index contributed by atoms with van der Waals surface area (Å²) < 4.78 is 31.7. The van der Waals surface area contributed by atoms with Crippen LogP contribution in [0.4, 0.5) is 0 Å². The summed E-state index contributed by atoms with van der Waals surface area (Å²) in [5.41, 5.74) is 1.46. The molecule has 23 heavy (non-hydrogen) atoms. The largest absolute Gasteiger partial charge is 0.497 e. The molecule has 0 aliphatic rings.